The molecule has 0 fully saturated rings. The van der Waals surface area contributed by atoms with Gasteiger partial charge in [0.25, 0.3) is 0 Å². The summed E-state index contributed by atoms with van der Waals surface area (Å²) < 4.78 is 11.1. The third kappa shape index (κ3) is 3.66. The average Bonchev–Trinajstić information content (AvgIpc) is 3.18. The Morgan fingerprint density at radius 2 is 2.00 bits per heavy atom. The fourth-order valence-corrected chi connectivity index (χ4v) is 3.48. The standard InChI is InChI=1S/C21H17BrN2O3/c1-26-18-6-2-14(3-7-18)13-24-20-12-17(22)5-4-15(20)10-16(11-21(24)25)19-8-9-27-23-19/h2-10,12H,11,13H2,1H3. The van der Waals surface area contributed by atoms with Crippen LogP contribution in [0.5, 0.6) is 5.75 Å². The van der Waals surface area contributed by atoms with Crippen LogP contribution in [0.2, 0.25) is 0 Å². The second kappa shape index (κ2) is 7.40. The fourth-order valence-electron chi connectivity index (χ4n) is 3.13. The van der Waals surface area contributed by atoms with Gasteiger partial charge in [-0.3, -0.25) is 4.79 Å². The van der Waals surface area contributed by atoms with E-state index in [0.29, 0.717) is 12.2 Å². The maximum atomic E-state index is 13.1. The van der Waals surface area contributed by atoms with E-state index in [2.05, 4.69) is 21.1 Å². The van der Waals surface area contributed by atoms with Crippen molar-refractivity contribution < 1.29 is 14.1 Å². The summed E-state index contributed by atoms with van der Waals surface area (Å²) in [6.45, 7) is 0.478. The first-order valence-corrected chi connectivity index (χ1v) is 9.27. The highest BCUT2D eigenvalue weighted by Crippen LogP contribution is 2.35. The molecule has 0 atom stereocenters. The fraction of sp³-hybridized carbons (Fsp3) is 0.143. The maximum Gasteiger partial charge on any atom is 0.231 e. The Bertz CT molecular complexity index is 995. The molecule has 0 bridgehead atoms. The van der Waals surface area contributed by atoms with Crippen LogP contribution in [0.3, 0.4) is 0 Å². The molecule has 0 saturated carbocycles. The van der Waals surface area contributed by atoms with Crippen LogP contribution in [0, 0.1) is 0 Å². The van der Waals surface area contributed by atoms with E-state index in [4.69, 9.17) is 9.26 Å². The molecule has 27 heavy (non-hydrogen) atoms. The first-order valence-electron chi connectivity index (χ1n) is 8.48. The lowest BCUT2D eigenvalue weighted by Crippen LogP contribution is -2.30. The molecule has 1 aromatic heterocycles. The molecule has 4 rings (SSSR count). The molecule has 1 aliphatic heterocycles. The van der Waals surface area contributed by atoms with E-state index in [0.717, 1.165) is 32.6 Å². The average molecular weight is 425 g/mol. The molecule has 0 aliphatic carbocycles. The molecule has 5 nitrogen and oxygen atoms in total. The highest BCUT2D eigenvalue weighted by atomic mass is 79.9. The normalized spacial score (nSPS) is 13.8. The largest absolute Gasteiger partial charge is 0.497 e. The van der Waals surface area contributed by atoms with Gasteiger partial charge < -0.3 is 14.2 Å². The Kier molecular flexibility index (Phi) is 4.81. The van der Waals surface area contributed by atoms with Gasteiger partial charge in [0.05, 0.1) is 25.8 Å². The van der Waals surface area contributed by atoms with Gasteiger partial charge in [-0.2, -0.15) is 0 Å². The first-order chi connectivity index (χ1) is 13.1. The zero-order valence-electron chi connectivity index (χ0n) is 14.7. The molecule has 0 saturated heterocycles. The molecule has 0 radical (unpaired) electrons. The highest BCUT2D eigenvalue weighted by molar-refractivity contribution is 9.10. The Hall–Kier alpha value is -2.86. The van der Waals surface area contributed by atoms with Crippen molar-refractivity contribution in [2.24, 2.45) is 0 Å². The van der Waals surface area contributed by atoms with Crippen molar-refractivity contribution in [1.29, 1.82) is 0 Å². The summed E-state index contributed by atoms with van der Waals surface area (Å²) in [5.74, 6) is 0.802. The van der Waals surface area contributed by atoms with E-state index in [1.165, 1.54) is 6.26 Å². The van der Waals surface area contributed by atoms with E-state index in [-0.39, 0.29) is 12.3 Å². The van der Waals surface area contributed by atoms with Crippen molar-refractivity contribution in [3.63, 3.8) is 0 Å². The van der Waals surface area contributed by atoms with Gasteiger partial charge in [0.15, 0.2) is 0 Å². The summed E-state index contributed by atoms with van der Waals surface area (Å²) >= 11 is 3.52. The number of carbonyl (C=O) groups excluding carboxylic acids is 1. The third-order valence-corrected chi connectivity index (χ3v) is 5.02. The number of ether oxygens (including phenoxy) is 1. The number of anilines is 1. The smallest absolute Gasteiger partial charge is 0.231 e. The van der Waals surface area contributed by atoms with Crippen LogP contribution in [0.1, 0.15) is 23.2 Å². The summed E-state index contributed by atoms with van der Waals surface area (Å²) in [7, 11) is 1.64. The van der Waals surface area contributed by atoms with Gasteiger partial charge in [0.1, 0.15) is 17.7 Å². The van der Waals surface area contributed by atoms with Crippen LogP contribution in [0.15, 0.2) is 63.8 Å². The maximum absolute atomic E-state index is 13.1. The number of fused-ring (bicyclic) bond motifs is 1. The molecule has 136 valence electrons. The van der Waals surface area contributed by atoms with Crippen LogP contribution < -0.4 is 9.64 Å². The Morgan fingerprint density at radius 3 is 2.70 bits per heavy atom. The molecule has 3 aromatic rings. The zero-order valence-corrected chi connectivity index (χ0v) is 16.3. The molecule has 1 aliphatic rings. The molecule has 0 N–H and O–H groups in total. The SMILES string of the molecule is COc1ccc(CN2C(=O)CC(c3ccon3)=Cc3ccc(Br)cc32)cc1. The van der Waals surface area contributed by atoms with Gasteiger partial charge in [-0.25, -0.2) is 0 Å². The monoisotopic (exact) mass is 424 g/mol. The molecule has 0 spiro atoms. The molecule has 6 heteroatoms. The van der Waals surface area contributed by atoms with E-state index in [1.54, 1.807) is 13.2 Å². The number of aromatic nitrogens is 1. The quantitative estimate of drug-likeness (QED) is 0.595. The van der Waals surface area contributed by atoms with Crippen molar-refractivity contribution in [3.8, 4) is 5.75 Å². The zero-order chi connectivity index (χ0) is 18.8. The van der Waals surface area contributed by atoms with Crippen LogP contribution in [-0.4, -0.2) is 18.2 Å². The van der Waals surface area contributed by atoms with Crippen molar-refractivity contribution in [1.82, 2.24) is 5.16 Å². The van der Waals surface area contributed by atoms with Gasteiger partial charge in [-0.15, -0.1) is 0 Å². The number of halogens is 1. The lowest BCUT2D eigenvalue weighted by Gasteiger charge is -2.23. The first kappa shape index (κ1) is 17.5. The Balaban J connectivity index is 1.73. The number of nitrogens with zero attached hydrogens (tertiary/aromatic N) is 2. The van der Waals surface area contributed by atoms with Crippen LogP contribution in [-0.2, 0) is 11.3 Å². The van der Waals surface area contributed by atoms with E-state index in [9.17, 15) is 4.79 Å². The molecular weight excluding hydrogens is 408 g/mol. The predicted molar refractivity (Wildman–Crippen MR) is 107 cm³/mol. The van der Waals surface area contributed by atoms with Crippen molar-refractivity contribution >= 4 is 39.2 Å². The van der Waals surface area contributed by atoms with Gasteiger partial charge in [-0.05, 0) is 47.0 Å². The van der Waals surface area contributed by atoms with Gasteiger partial charge in [0.2, 0.25) is 5.91 Å². The Morgan fingerprint density at radius 1 is 1.19 bits per heavy atom. The van der Waals surface area contributed by atoms with Crippen molar-refractivity contribution in [2.45, 2.75) is 13.0 Å². The number of hydrogen-bond acceptors (Lipinski definition) is 4. The number of hydrogen-bond donors (Lipinski definition) is 0. The number of benzene rings is 2. The van der Waals surface area contributed by atoms with Crippen LogP contribution in [0.4, 0.5) is 5.69 Å². The number of methoxy groups -OCH3 is 1. The lowest BCUT2D eigenvalue weighted by atomic mass is 10.1. The topological polar surface area (TPSA) is 55.6 Å². The second-order valence-electron chi connectivity index (χ2n) is 6.26. The minimum absolute atomic E-state index is 0.0110. The molecule has 0 unspecified atom stereocenters. The van der Waals surface area contributed by atoms with E-state index in [1.807, 2.05) is 53.4 Å². The second-order valence-corrected chi connectivity index (χ2v) is 7.18. The Labute approximate surface area is 165 Å². The van der Waals surface area contributed by atoms with Gasteiger partial charge in [0, 0.05) is 10.5 Å². The van der Waals surface area contributed by atoms with Gasteiger partial charge >= 0.3 is 0 Å². The summed E-state index contributed by atoms with van der Waals surface area (Å²) in [6, 6.07) is 15.5. The highest BCUT2D eigenvalue weighted by Gasteiger charge is 2.25. The molecule has 2 aromatic carbocycles. The number of rotatable bonds is 4. The number of amides is 1. The lowest BCUT2D eigenvalue weighted by molar-refractivity contribution is -0.117. The predicted octanol–water partition coefficient (Wildman–Crippen LogP) is 4.92. The molecule has 1 amide bonds. The number of carbonyl (C=O) groups is 1. The third-order valence-electron chi connectivity index (χ3n) is 4.52. The minimum atomic E-state index is 0.0110. The van der Waals surface area contributed by atoms with E-state index < -0.39 is 0 Å². The summed E-state index contributed by atoms with van der Waals surface area (Å²) in [4.78, 5) is 14.9. The van der Waals surface area contributed by atoms with E-state index >= 15 is 0 Å². The van der Waals surface area contributed by atoms with Gasteiger partial charge in [-0.1, -0.05) is 39.3 Å². The minimum Gasteiger partial charge on any atom is -0.497 e. The molecule has 2 heterocycles. The van der Waals surface area contributed by atoms with Crippen molar-refractivity contribution in [2.75, 3.05) is 12.0 Å². The molecular formula is C21H17BrN2O3. The summed E-state index contributed by atoms with van der Waals surface area (Å²) in [5, 5.41) is 4.00. The van der Waals surface area contributed by atoms with Crippen LogP contribution >= 0.6 is 15.9 Å². The summed E-state index contributed by atoms with van der Waals surface area (Å²) in [5.41, 5.74) is 4.39. The van der Waals surface area contributed by atoms with Crippen molar-refractivity contribution in [3.05, 3.63) is 76.1 Å². The summed E-state index contributed by atoms with van der Waals surface area (Å²) in [6.07, 6.45) is 3.78. The van der Waals surface area contributed by atoms with Crippen LogP contribution in [0.25, 0.3) is 11.6 Å².